The molecule has 0 spiro atoms. The number of amides is 1. The predicted octanol–water partition coefficient (Wildman–Crippen LogP) is 2.62. The Kier molecular flexibility index (Phi) is 5.19. The molecule has 9 nitrogen and oxygen atoms in total. The van der Waals surface area contributed by atoms with Crippen molar-refractivity contribution in [2.24, 2.45) is 0 Å². The Balaban J connectivity index is 1.53. The third-order valence-corrected chi connectivity index (χ3v) is 4.56. The summed E-state index contributed by atoms with van der Waals surface area (Å²) in [6, 6.07) is 4.33. The molecule has 10 heteroatoms. The first-order chi connectivity index (χ1) is 12.0. The van der Waals surface area contributed by atoms with Crippen molar-refractivity contribution in [3.05, 3.63) is 38.9 Å². The van der Waals surface area contributed by atoms with E-state index in [0.717, 1.165) is 17.8 Å². The van der Waals surface area contributed by atoms with Gasteiger partial charge in [0.15, 0.2) is 6.61 Å². The van der Waals surface area contributed by atoms with Crippen LogP contribution in [0.15, 0.2) is 18.2 Å². The van der Waals surface area contributed by atoms with Crippen LogP contribution in [-0.4, -0.2) is 34.2 Å². The monoisotopic (exact) mass is 364 g/mol. The molecule has 1 aromatic carbocycles. The number of nitrogens with zero attached hydrogens (tertiary/aromatic N) is 3. The smallest absolute Gasteiger partial charge is 0.272 e. The van der Waals surface area contributed by atoms with Gasteiger partial charge in [-0.2, -0.15) is 0 Å². The van der Waals surface area contributed by atoms with Gasteiger partial charge in [-0.1, -0.05) is 11.3 Å². The number of aryl methyl sites for hydroxylation is 1. The van der Waals surface area contributed by atoms with Gasteiger partial charge in [0.25, 0.3) is 11.6 Å². The van der Waals surface area contributed by atoms with Gasteiger partial charge in [0.2, 0.25) is 5.13 Å². The minimum atomic E-state index is -0.465. The van der Waals surface area contributed by atoms with Crippen LogP contribution in [0.5, 0.6) is 5.75 Å². The van der Waals surface area contributed by atoms with E-state index in [1.54, 1.807) is 6.92 Å². The topological polar surface area (TPSA) is 116 Å². The third-order valence-electron chi connectivity index (χ3n) is 3.63. The Morgan fingerprint density at radius 3 is 3.04 bits per heavy atom. The Labute approximate surface area is 147 Å². The van der Waals surface area contributed by atoms with Gasteiger partial charge in [-0.25, -0.2) is 0 Å². The van der Waals surface area contributed by atoms with E-state index >= 15 is 0 Å². The molecule has 2 heterocycles. The molecular weight excluding hydrogens is 348 g/mol. The summed E-state index contributed by atoms with van der Waals surface area (Å²) >= 11 is 1.28. The minimum Gasteiger partial charge on any atom is -0.484 e. The Morgan fingerprint density at radius 2 is 2.36 bits per heavy atom. The van der Waals surface area contributed by atoms with Crippen molar-refractivity contribution in [2.75, 3.05) is 18.5 Å². The van der Waals surface area contributed by atoms with Crippen molar-refractivity contribution in [1.29, 1.82) is 0 Å². The number of carbonyl (C=O) groups is 1. The Hall–Kier alpha value is -2.59. The molecular formula is C15H16N4O5S. The largest absolute Gasteiger partial charge is 0.484 e. The lowest BCUT2D eigenvalue weighted by atomic mass is 10.2. The molecule has 2 aromatic rings. The number of nitro groups is 1. The molecule has 1 amide bonds. The third kappa shape index (κ3) is 4.28. The van der Waals surface area contributed by atoms with Gasteiger partial charge in [-0.15, -0.1) is 10.2 Å². The van der Waals surface area contributed by atoms with Crippen LogP contribution in [0.1, 0.15) is 29.5 Å². The van der Waals surface area contributed by atoms with Gasteiger partial charge >= 0.3 is 0 Å². The highest BCUT2D eigenvalue weighted by molar-refractivity contribution is 7.15. The highest BCUT2D eigenvalue weighted by Gasteiger charge is 2.22. The average Bonchev–Trinajstić information content (AvgIpc) is 3.23. The van der Waals surface area contributed by atoms with Crippen LogP contribution in [0.2, 0.25) is 0 Å². The van der Waals surface area contributed by atoms with E-state index < -0.39 is 4.92 Å². The maximum Gasteiger partial charge on any atom is 0.272 e. The quantitative estimate of drug-likeness (QED) is 0.618. The molecule has 1 saturated heterocycles. The first-order valence-corrected chi connectivity index (χ1v) is 8.47. The van der Waals surface area contributed by atoms with Crippen LogP contribution in [0.4, 0.5) is 10.8 Å². The number of nitro benzene ring substituents is 1. The van der Waals surface area contributed by atoms with Crippen molar-refractivity contribution >= 4 is 28.1 Å². The molecule has 1 aromatic heterocycles. The summed E-state index contributed by atoms with van der Waals surface area (Å²) in [6.45, 7) is 2.10. The van der Waals surface area contributed by atoms with Crippen LogP contribution < -0.4 is 10.1 Å². The minimum absolute atomic E-state index is 0.00678. The Bertz CT molecular complexity index is 788. The summed E-state index contributed by atoms with van der Waals surface area (Å²) in [5.41, 5.74) is 0.473. The zero-order valence-corrected chi connectivity index (χ0v) is 14.2. The van der Waals surface area contributed by atoms with Crippen molar-refractivity contribution in [2.45, 2.75) is 25.9 Å². The fourth-order valence-electron chi connectivity index (χ4n) is 2.41. The van der Waals surface area contributed by atoms with Gasteiger partial charge in [-0.05, 0) is 31.9 Å². The number of anilines is 1. The molecule has 1 unspecified atom stereocenters. The predicted molar refractivity (Wildman–Crippen MR) is 89.8 cm³/mol. The number of benzene rings is 1. The Morgan fingerprint density at radius 1 is 1.52 bits per heavy atom. The van der Waals surface area contributed by atoms with Crippen LogP contribution in [0, 0.1) is 17.0 Å². The fraction of sp³-hybridized carbons (Fsp3) is 0.400. The van der Waals surface area contributed by atoms with Gasteiger partial charge < -0.3 is 9.47 Å². The number of ether oxygens (including phenoxy) is 2. The molecule has 1 N–H and O–H groups in total. The maximum atomic E-state index is 11.9. The molecule has 3 rings (SSSR count). The normalized spacial score (nSPS) is 16.6. The summed E-state index contributed by atoms with van der Waals surface area (Å²) in [5.74, 6) is 0.00149. The number of hydrogen-bond donors (Lipinski definition) is 1. The zero-order valence-electron chi connectivity index (χ0n) is 13.4. The summed E-state index contributed by atoms with van der Waals surface area (Å²) < 4.78 is 10.9. The number of nitrogens with one attached hydrogen (secondary N) is 1. The molecule has 0 saturated carbocycles. The molecule has 1 atom stereocenters. The van der Waals surface area contributed by atoms with E-state index in [-0.39, 0.29) is 24.3 Å². The molecule has 1 aliphatic rings. The standard InChI is InChI=1S/C15H16N4O5S/c1-9-7-10(4-5-11(9)19(21)22)24-8-13(20)16-15-18-17-14(25-15)12-3-2-6-23-12/h4-5,7,12H,2-3,6,8H2,1H3,(H,16,18,20). The summed E-state index contributed by atoms with van der Waals surface area (Å²) in [7, 11) is 0. The second-order valence-electron chi connectivity index (χ2n) is 5.49. The first-order valence-electron chi connectivity index (χ1n) is 7.65. The number of rotatable bonds is 6. The van der Waals surface area contributed by atoms with Gasteiger partial charge in [0.05, 0.1) is 4.92 Å². The fourth-order valence-corrected chi connectivity index (χ4v) is 3.26. The van der Waals surface area contributed by atoms with Gasteiger partial charge in [0, 0.05) is 18.2 Å². The molecule has 132 valence electrons. The van der Waals surface area contributed by atoms with Gasteiger partial charge in [0.1, 0.15) is 16.9 Å². The lowest BCUT2D eigenvalue weighted by Crippen LogP contribution is -2.20. The number of carbonyl (C=O) groups excluding carboxylic acids is 1. The van der Waals surface area contributed by atoms with Crippen molar-refractivity contribution < 1.29 is 19.2 Å². The molecule has 1 aliphatic heterocycles. The summed E-state index contributed by atoms with van der Waals surface area (Å²) in [6.07, 6.45) is 1.86. The molecule has 1 fully saturated rings. The maximum absolute atomic E-state index is 11.9. The van der Waals surface area contributed by atoms with Crippen molar-refractivity contribution in [3.8, 4) is 5.75 Å². The SMILES string of the molecule is Cc1cc(OCC(=O)Nc2nnc(C3CCCO3)s2)ccc1[N+](=O)[O-]. The first kappa shape index (κ1) is 17.2. The van der Waals surface area contributed by atoms with Crippen molar-refractivity contribution in [1.82, 2.24) is 10.2 Å². The highest BCUT2D eigenvalue weighted by Crippen LogP contribution is 2.31. The van der Waals surface area contributed by atoms with Crippen molar-refractivity contribution in [3.63, 3.8) is 0 Å². The van der Waals surface area contributed by atoms with E-state index in [0.29, 0.717) is 23.1 Å². The van der Waals surface area contributed by atoms with Crippen LogP contribution in [0.3, 0.4) is 0 Å². The average molecular weight is 364 g/mol. The lowest BCUT2D eigenvalue weighted by molar-refractivity contribution is -0.385. The van der Waals surface area contributed by atoms with E-state index in [9.17, 15) is 14.9 Å². The van der Waals surface area contributed by atoms with E-state index in [1.807, 2.05) is 0 Å². The molecule has 0 radical (unpaired) electrons. The molecule has 25 heavy (non-hydrogen) atoms. The van der Waals surface area contributed by atoms with Crippen LogP contribution in [-0.2, 0) is 9.53 Å². The van der Waals surface area contributed by atoms with Gasteiger partial charge in [-0.3, -0.25) is 20.2 Å². The van der Waals surface area contributed by atoms with E-state index in [2.05, 4.69) is 15.5 Å². The summed E-state index contributed by atoms with van der Waals surface area (Å²) in [5, 5.41) is 22.5. The second kappa shape index (κ2) is 7.53. The number of aromatic nitrogens is 2. The lowest BCUT2D eigenvalue weighted by Gasteiger charge is -2.06. The van der Waals surface area contributed by atoms with Crippen LogP contribution >= 0.6 is 11.3 Å². The van der Waals surface area contributed by atoms with E-state index in [4.69, 9.17) is 9.47 Å². The molecule has 0 bridgehead atoms. The number of hydrogen-bond acceptors (Lipinski definition) is 8. The summed E-state index contributed by atoms with van der Waals surface area (Å²) in [4.78, 5) is 22.3. The molecule has 0 aliphatic carbocycles. The zero-order chi connectivity index (χ0) is 17.8. The second-order valence-corrected chi connectivity index (χ2v) is 6.50. The van der Waals surface area contributed by atoms with E-state index in [1.165, 1.54) is 29.5 Å². The van der Waals surface area contributed by atoms with Crippen LogP contribution in [0.25, 0.3) is 0 Å². The highest BCUT2D eigenvalue weighted by atomic mass is 32.1.